The first-order chi connectivity index (χ1) is 21.5. The van der Waals surface area contributed by atoms with Crippen LogP contribution in [0.15, 0.2) is 70.8 Å². The molecule has 0 saturated heterocycles. The van der Waals surface area contributed by atoms with E-state index >= 15 is 0 Å². The quantitative estimate of drug-likeness (QED) is 0.138. The molecule has 1 aromatic heterocycles. The number of aryl methyl sites for hydroxylation is 1. The number of amides is 2. The van der Waals surface area contributed by atoms with Crippen molar-refractivity contribution in [2.45, 2.75) is 38.0 Å². The van der Waals surface area contributed by atoms with Gasteiger partial charge in [0.1, 0.15) is 11.8 Å². The van der Waals surface area contributed by atoms with Crippen LogP contribution in [0.5, 0.6) is 11.5 Å². The van der Waals surface area contributed by atoms with Crippen LogP contribution in [0.4, 0.5) is 10.5 Å². The van der Waals surface area contributed by atoms with E-state index in [0.717, 1.165) is 35.8 Å². The smallest absolute Gasteiger partial charge is 0.414 e. The highest BCUT2D eigenvalue weighted by Crippen LogP contribution is 2.41. The summed E-state index contributed by atoms with van der Waals surface area (Å²) in [4.78, 5) is 23.7. The van der Waals surface area contributed by atoms with Crippen molar-refractivity contribution in [2.24, 2.45) is 11.0 Å². The average Bonchev–Trinajstić information content (AvgIpc) is 3.74. The van der Waals surface area contributed by atoms with Gasteiger partial charge in [-0.2, -0.15) is 10.4 Å². The molecule has 2 amide bonds. The molecule has 0 spiro atoms. The number of anilines is 1. The molecule has 4 aromatic rings. The first-order valence-corrected chi connectivity index (χ1v) is 16.0. The molecule has 0 radical (unpaired) electrons. The Morgan fingerprint density at radius 1 is 1.09 bits per heavy atom. The molecule has 5 rings (SSSR count). The lowest BCUT2D eigenvalue weighted by molar-refractivity contribution is -0.114. The Morgan fingerprint density at radius 2 is 1.78 bits per heavy atom. The normalized spacial score (nSPS) is 13.3. The molecule has 1 saturated carbocycles. The van der Waals surface area contributed by atoms with Crippen LogP contribution in [-0.4, -0.2) is 36.7 Å². The zero-order valence-electron chi connectivity index (χ0n) is 24.1. The van der Waals surface area contributed by atoms with Crippen LogP contribution in [0.1, 0.15) is 30.9 Å². The van der Waals surface area contributed by atoms with E-state index in [1.807, 2.05) is 12.2 Å². The first kappa shape index (κ1) is 31.8. The number of imide groups is 1. The fraction of sp³-hybridized carbons (Fsp3) is 0.226. The number of hydrogen-bond donors (Lipinski definition) is 2. The molecule has 1 fully saturated rings. The summed E-state index contributed by atoms with van der Waals surface area (Å²) in [5.74, 6) is -0.0455. The van der Waals surface area contributed by atoms with Gasteiger partial charge in [-0.1, -0.05) is 40.9 Å². The van der Waals surface area contributed by atoms with Crippen LogP contribution in [-0.2, 0) is 26.0 Å². The van der Waals surface area contributed by atoms with E-state index in [-0.39, 0.29) is 33.0 Å². The van der Waals surface area contributed by atoms with E-state index in [0.29, 0.717) is 17.2 Å². The maximum absolute atomic E-state index is 13.6. The summed E-state index contributed by atoms with van der Waals surface area (Å²) in [6, 6.07) is 16.2. The van der Waals surface area contributed by atoms with E-state index in [1.165, 1.54) is 16.1 Å². The third-order valence-corrected chi connectivity index (χ3v) is 9.18. The van der Waals surface area contributed by atoms with Gasteiger partial charge in [-0.05, 0) is 87.1 Å². The minimum Gasteiger partial charge on any atom is -0.454 e. The number of aromatic nitrogens is 1. The Balaban J connectivity index is 1.41. The van der Waals surface area contributed by atoms with E-state index in [4.69, 9.17) is 27.9 Å². The highest BCUT2D eigenvalue weighted by molar-refractivity contribution is 7.90. The number of hydrogen-bond acceptors (Lipinski definition) is 9. The number of ether oxygens (including phenoxy) is 2. The van der Waals surface area contributed by atoms with Gasteiger partial charge >= 0.3 is 6.09 Å². The number of nitriles is 1. The lowest BCUT2D eigenvalue weighted by atomic mass is 10.1. The minimum absolute atomic E-state index is 0.0416. The van der Waals surface area contributed by atoms with Crippen LogP contribution in [0.3, 0.4) is 0 Å². The fourth-order valence-electron chi connectivity index (χ4n) is 4.53. The summed E-state index contributed by atoms with van der Waals surface area (Å²) in [6.45, 7) is 3.50. The third kappa shape index (κ3) is 7.23. The standard InChI is InChI=1S/C31H27Cl2N5O6S/c1-3-43-31(40)35-30(39)27(16-34)37-36-21-13-25(32)29(26(33)14-21)44-22-8-11-28-24(15-22)20(12-19-6-7-19)17-38(28)45(41,42)23-9-4-18(2)5-10-23/h4-5,8-11,13-15,17,19,36H,3,6-7,12H2,1-2H3,(H,35,39,40). The van der Waals surface area contributed by atoms with Crippen LogP contribution in [0.25, 0.3) is 10.9 Å². The molecule has 1 heterocycles. The molecule has 3 aromatic carbocycles. The molecule has 11 nitrogen and oxygen atoms in total. The van der Waals surface area contributed by atoms with Gasteiger partial charge in [0.25, 0.3) is 15.9 Å². The number of fused-ring (bicyclic) bond motifs is 1. The summed E-state index contributed by atoms with van der Waals surface area (Å²) in [5, 5.41) is 15.8. The Kier molecular flexibility index (Phi) is 9.34. The van der Waals surface area contributed by atoms with Crippen molar-refractivity contribution in [3.8, 4) is 17.6 Å². The summed E-state index contributed by atoms with van der Waals surface area (Å²) < 4.78 is 39.2. The van der Waals surface area contributed by atoms with Crippen molar-refractivity contribution in [3.05, 3.63) is 82.0 Å². The number of nitrogens with one attached hydrogen (secondary N) is 2. The number of hydrazone groups is 1. The van der Waals surface area contributed by atoms with Crippen molar-refractivity contribution >= 4 is 67.5 Å². The summed E-state index contributed by atoms with van der Waals surface area (Å²) >= 11 is 13.0. The fourth-order valence-corrected chi connectivity index (χ4v) is 6.49. The highest BCUT2D eigenvalue weighted by Gasteiger charge is 2.27. The average molecular weight is 669 g/mol. The van der Waals surface area contributed by atoms with Gasteiger partial charge in [-0.3, -0.25) is 15.5 Å². The predicted octanol–water partition coefficient (Wildman–Crippen LogP) is 6.80. The lowest BCUT2D eigenvalue weighted by Crippen LogP contribution is -2.36. The Labute approximate surface area is 269 Å². The second-order valence-corrected chi connectivity index (χ2v) is 13.0. The number of rotatable bonds is 10. The van der Waals surface area contributed by atoms with Gasteiger partial charge in [-0.15, -0.1) is 0 Å². The SMILES string of the molecule is CCOC(=O)NC(=O)C(C#N)=NNc1cc(Cl)c(Oc2ccc3c(c2)c(CC2CC2)cn3S(=O)(=O)c2ccc(C)cc2)c(Cl)c1. The van der Waals surface area contributed by atoms with Gasteiger partial charge in [0.2, 0.25) is 5.71 Å². The highest BCUT2D eigenvalue weighted by atomic mass is 35.5. The van der Waals surface area contributed by atoms with E-state index in [9.17, 15) is 23.3 Å². The zero-order chi connectivity index (χ0) is 32.3. The monoisotopic (exact) mass is 667 g/mol. The summed E-state index contributed by atoms with van der Waals surface area (Å²) in [6.07, 6.45) is 3.59. The Morgan fingerprint density at radius 3 is 2.40 bits per heavy atom. The maximum atomic E-state index is 13.6. The number of alkyl carbamates (subject to hydrolysis) is 1. The van der Waals surface area contributed by atoms with Crippen molar-refractivity contribution in [2.75, 3.05) is 12.0 Å². The van der Waals surface area contributed by atoms with Crippen LogP contribution in [0.2, 0.25) is 10.0 Å². The second-order valence-electron chi connectivity index (χ2n) is 10.3. The van der Waals surface area contributed by atoms with Gasteiger partial charge < -0.3 is 9.47 Å². The van der Waals surface area contributed by atoms with Gasteiger partial charge in [0, 0.05) is 11.6 Å². The van der Waals surface area contributed by atoms with Gasteiger partial charge in [0.05, 0.1) is 32.8 Å². The van der Waals surface area contributed by atoms with E-state index in [2.05, 4.69) is 15.3 Å². The van der Waals surface area contributed by atoms with Gasteiger partial charge in [-0.25, -0.2) is 17.2 Å². The third-order valence-electron chi connectivity index (χ3n) is 6.93. The maximum Gasteiger partial charge on any atom is 0.414 e. The first-order valence-electron chi connectivity index (χ1n) is 13.8. The minimum atomic E-state index is -3.85. The number of halogens is 2. The lowest BCUT2D eigenvalue weighted by Gasteiger charge is -2.12. The van der Waals surface area contributed by atoms with Crippen LogP contribution in [0, 0.1) is 24.2 Å². The van der Waals surface area contributed by atoms with Crippen molar-refractivity contribution in [1.29, 1.82) is 5.26 Å². The molecule has 45 heavy (non-hydrogen) atoms. The van der Waals surface area contributed by atoms with Crippen molar-refractivity contribution in [1.82, 2.24) is 9.29 Å². The van der Waals surface area contributed by atoms with Crippen molar-refractivity contribution in [3.63, 3.8) is 0 Å². The molecule has 232 valence electrons. The molecule has 1 aliphatic carbocycles. The number of carbonyl (C=O) groups excluding carboxylic acids is 2. The van der Waals surface area contributed by atoms with Crippen LogP contribution < -0.4 is 15.5 Å². The molecule has 1 aliphatic rings. The molecule has 2 N–H and O–H groups in total. The summed E-state index contributed by atoms with van der Waals surface area (Å²) in [5.41, 5.74) is 4.48. The Hall–Kier alpha value is -4.57. The molecule has 14 heteroatoms. The summed E-state index contributed by atoms with van der Waals surface area (Å²) in [7, 11) is -3.85. The number of nitrogens with zero attached hydrogens (tertiary/aromatic N) is 3. The Bertz CT molecular complexity index is 1960. The van der Waals surface area contributed by atoms with E-state index in [1.54, 1.807) is 61.7 Å². The van der Waals surface area contributed by atoms with Gasteiger partial charge in [0.15, 0.2) is 5.75 Å². The number of benzene rings is 3. The van der Waals surface area contributed by atoms with Crippen LogP contribution >= 0.6 is 23.2 Å². The molecule has 0 unspecified atom stereocenters. The van der Waals surface area contributed by atoms with Crippen molar-refractivity contribution < 1.29 is 27.5 Å². The zero-order valence-corrected chi connectivity index (χ0v) is 26.5. The number of carbonyl (C=O) groups is 2. The molecule has 0 atom stereocenters. The van der Waals surface area contributed by atoms with E-state index < -0.39 is 27.7 Å². The predicted molar refractivity (Wildman–Crippen MR) is 171 cm³/mol. The second kappa shape index (κ2) is 13.2. The molecule has 0 bridgehead atoms. The topological polar surface area (TPSA) is 152 Å². The molecule has 0 aliphatic heterocycles. The molecular formula is C31H27Cl2N5O6S. The molecular weight excluding hydrogens is 641 g/mol. The largest absolute Gasteiger partial charge is 0.454 e.